The van der Waals surface area contributed by atoms with Gasteiger partial charge in [0.15, 0.2) is 5.82 Å². The first-order valence-corrected chi connectivity index (χ1v) is 12.3. The molecule has 11 nitrogen and oxygen atoms in total. The van der Waals surface area contributed by atoms with Gasteiger partial charge < -0.3 is 9.84 Å². The zero-order valence-electron chi connectivity index (χ0n) is 19.5. The molecule has 0 radical (unpaired) electrons. The number of rotatable bonds is 7. The molecule has 3 aromatic heterocycles. The van der Waals surface area contributed by atoms with Crippen molar-refractivity contribution in [1.29, 1.82) is 0 Å². The summed E-state index contributed by atoms with van der Waals surface area (Å²) in [5.74, 6) is 1.19. The molecule has 3 heterocycles. The molecular weight excluding hydrogens is 470 g/mol. The molecular formula is C23H25N7O4S. The lowest BCUT2D eigenvalue weighted by Crippen LogP contribution is -2.26. The molecule has 0 aliphatic heterocycles. The van der Waals surface area contributed by atoms with Gasteiger partial charge in [-0.25, -0.2) is 23.5 Å². The zero-order chi connectivity index (χ0) is 25.2. The van der Waals surface area contributed by atoms with Crippen LogP contribution in [0.1, 0.15) is 42.6 Å². The molecule has 35 heavy (non-hydrogen) atoms. The van der Waals surface area contributed by atoms with Crippen LogP contribution in [-0.4, -0.2) is 45.5 Å². The van der Waals surface area contributed by atoms with Crippen molar-refractivity contribution in [2.24, 2.45) is 5.14 Å². The lowest BCUT2D eigenvalue weighted by molar-refractivity contribution is 0.0949. The first-order chi connectivity index (χ1) is 16.5. The van der Waals surface area contributed by atoms with Gasteiger partial charge in [-0.15, -0.1) is 0 Å². The highest BCUT2D eigenvalue weighted by molar-refractivity contribution is 7.89. The van der Waals surface area contributed by atoms with Crippen molar-refractivity contribution in [2.75, 3.05) is 6.54 Å². The fraction of sp³-hybridized carbons (Fsp3) is 0.261. The minimum Gasteiger partial charge on any atom is -0.350 e. The topological polar surface area (TPSA) is 159 Å². The molecule has 1 aromatic carbocycles. The predicted molar refractivity (Wildman–Crippen MR) is 127 cm³/mol. The second-order valence-corrected chi connectivity index (χ2v) is 10.5. The molecule has 0 bridgehead atoms. The third kappa shape index (κ3) is 5.78. The highest BCUT2D eigenvalue weighted by Crippen LogP contribution is 2.24. The highest BCUT2D eigenvalue weighted by atomic mass is 32.2. The normalized spacial score (nSPS) is 12.0. The van der Waals surface area contributed by atoms with E-state index in [2.05, 4.69) is 25.4 Å². The second-order valence-electron chi connectivity index (χ2n) is 8.94. The van der Waals surface area contributed by atoms with Crippen molar-refractivity contribution >= 4 is 15.9 Å². The van der Waals surface area contributed by atoms with E-state index in [4.69, 9.17) is 9.66 Å². The maximum absolute atomic E-state index is 12.5. The summed E-state index contributed by atoms with van der Waals surface area (Å²) in [5, 5.41) is 11.9. The van der Waals surface area contributed by atoms with Crippen molar-refractivity contribution in [3.05, 3.63) is 72.2 Å². The molecule has 0 fully saturated rings. The number of imidazole rings is 1. The van der Waals surface area contributed by atoms with Gasteiger partial charge in [-0.2, -0.15) is 4.98 Å². The van der Waals surface area contributed by atoms with E-state index >= 15 is 0 Å². The predicted octanol–water partition coefficient (Wildman–Crippen LogP) is 2.23. The largest absolute Gasteiger partial charge is 0.350 e. The second kappa shape index (κ2) is 9.39. The minimum atomic E-state index is -3.73. The Morgan fingerprint density at radius 3 is 2.54 bits per heavy atom. The van der Waals surface area contributed by atoms with Crippen molar-refractivity contribution in [3.63, 3.8) is 0 Å². The fourth-order valence-corrected chi connectivity index (χ4v) is 3.68. The summed E-state index contributed by atoms with van der Waals surface area (Å²) in [6, 6.07) is 9.74. The number of hydrogen-bond acceptors (Lipinski definition) is 8. The van der Waals surface area contributed by atoms with E-state index in [1.807, 2.05) is 20.8 Å². The van der Waals surface area contributed by atoms with Crippen molar-refractivity contribution in [1.82, 2.24) is 30.0 Å². The molecule has 12 heteroatoms. The summed E-state index contributed by atoms with van der Waals surface area (Å²) >= 11 is 0. The molecule has 0 atom stereocenters. The molecule has 4 rings (SSSR count). The third-order valence-electron chi connectivity index (χ3n) is 5.12. The van der Waals surface area contributed by atoms with E-state index in [0.717, 1.165) is 5.56 Å². The van der Waals surface area contributed by atoms with Gasteiger partial charge in [-0.3, -0.25) is 9.36 Å². The van der Waals surface area contributed by atoms with Gasteiger partial charge >= 0.3 is 0 Å². The SMILES string of the molecule is CC(C)(C)c1noc(-c2ccnc(-n3cnc(C(=O)NCCc4ccc(S(N)(=O)=O)cc4)c3)c2)n1. The highest BCUT2D eigenvalue weighted by Gasteiger charge is 2.22. The maximum atomic E-state index is 12.5. The van der Waals surface area contributed by atoms with Crippen LogP contribution in [0.15, 0.2) is 64.5 Å². The number of sulfonamides is 1. The molecule has 0 aliphatic carbocycles. The number of aromatic nitrogens is 5. The van der Waals surface area contributed by atoms with Crippen LogP contribution in [0.25, 0.3) is 17.3 Å². The molecule has 0 saturated carbocycles. The summed E-state index contributed by atoms with van der Waals surface area (Å²) < 4.78 is 29.7. The van der Waals surface area contributed by atoms with Crippen LogP contribution >= 0.6 is 0 Å². The first kappa shape index (κ1) is 24.2. The van der Waals surface area contributed by atoms with Crippen LogP contribution in [0.3, 0.4) is 0 Å². The number of nitrogens with zero attached hydrogens (tertiary/aromatic N) is 5. The van der Waals surface area contributed by atoms with Gasteiger partial charge in [0.2, 0.25) is 10.0 Å². The monoisotopic (exact) mass is 495 g/mol. The number of pyridine rings is 1. The Kier molecular flexibility index (Phi) is 6.50. The number of carbonyl (C=O) groups excluding carboxylic acids is 1. The maximum Gasteiger partial charge on any atom is 0.271 e. The summed E-state index contributed by atoms with van der Waals surface area (Å²) in [4.78, 5) is 25.5. The smallest absolute Gasteiger partial charge is 0.271 e. The summed E-state index contributed by atoms with van der Waals surface area (Å²) in [6.45, 7) is 6.35. The van der Waals surface area contributed by atoms with Gasteiger partial charge in [0, 0.05) is 29.9 Å². The lowest BCUT2D eigenvalue weighted by atomic mass is 9.96. The van der Waals surface area contributed by atoms with E-state index in [0.29, 0.717) is 36.1 Å². The standard InChI is InChI=1S/C23H25N7O4S/c1-23(2,3)22-28-21(34-29-22)16-9-11-25-19(12-16)30-13-18(27-14-30)20(31)26-10-8-15-4-6-17(7-5-15)35(24,32)33/h4-7,9,11-14H,8,10H2,1-3H3,(H,26,31)(H2,24,32,33). The van der Waals surface area contributed by atoms with Gasteiger partial charge in [0.1, 0.15) is 17.8 Å². The zero-order valence-corrected chi connectivity index (χ0v) is 20.3. The van der Waals surface area contributed by atoms with E-state index in [-0.39, 0.29) is 21.9 Å². The number of nitrogens with two attached hydrogens (primary N) is 1. The van der Waals surface area contributed by atoms with Crippen LogP contribution < -0.4 is 10.5 Å². The van der Waals surface area contributed by atoms with Crippen LogP contribution in [0.4, 0.5) is 0 Å². The van der Waals surface area contributed by atoms with E-state index in [1.54, 1.807) is 41.2 Å². The number of carbonyl (C=O) groups is 1. The van der Waals surface area contributed by atoms with Crippen molar-refractivity contribution in [3.8, 4) is 17.3 Å². The summed E-state index contributed by atoms with van der Waals surface area (Å²) in [7, 11) is -3.73. The molecule has 182 valence electrons. The van der Waals surface area contributed by atoms with Crippen molar-refractivity contribution < 1.29 is 17.7 Å². The molecule has 3 N–H and O–H groups in total. The van der Waals surface area contributed by atoms with Gasteiger partial charge in [0.25, 0.3) is 11.8 Å². The van der Waals surface area contributed by atoms with Gasteiger partial charge in [-0.1, -0.05) is 38.1 Å². The molecule has 0 aliphatic rings. The number of hydrogen-bond donors (Lipinski definition) is 2. The molecule has 0 unspecified atom stereocenters. The van der Waals surface area contributed by atoms with Crippen LogP contribution in [0.5, 0.6) is 0 Å². The molecule has 0 spiro atoms. The Balaban J connectivity index is 1.39. The molecule has 1 amide bonds. The Labute approximate surface area is 202 Å². The minimum absolute atomic E-state index is 0.0437. The van der Waals surface area contributed by atoms with E-state index < -0.39 is 10.0 Å². The third-order valence-corrected chi connectivity index (χ3v) is 6.05. The van der Waals surface area contributed by atoms with Crippen LogP contribution in [0, 0.1) is 0 Å². The Morgan fingerprint density at radius 1 is 1.14 bits per heavy atom. The van der Waals surface area contributed by atoms with Gasteiger partial charge in [0.05, 0.1) is 4.90 Å². The van der Waals surface area contributed by atoms with E-state index in [1.165, 1.54) is 18.5 Å². The Bertz CT molecular complexity index is 1450. The Hall–Kier alpha value is -3.90. The number of primary sulfonamides is 1. The van der Waals surface area contributed by atoms with Crippen LogP contribution in [-0.2, 0) is 21.9 Å². The average molecular weight is 496 g/mol. The van der Waals surface area contributed by atoms with Gasteiger partial charge in [-0.05, 0) is 36.2 Å². The summed E-state index contributed by atoms with van der Waals surface area (Å²) in [5.41, 5.74) is 1.55. The number of benzene rings is 1. The average Bonchev–Trinajstić information content (AvgIpc) is 3.49. The number of nitrogens with one attached hydrogen (secondary N) is 1. The fourth-order valence-electron chi connectivity index (χ4n) is 3.16. The molecule has 0 saturated heterocycles. The molecule has 4 aromatic rings. The first-order valence-electron chi connectivity index (χ1n) is 10.8. The number of amides is 1. The quantitative estimate of drug-likeness (QED) is 0.395. The summed E-state index contributed by atoms with van der Waals surface area (Å²) in [6.07, 6.45) is 5.21. The van der Waals surface area contributed by atoms with Crippen molar-refractivity contribution in [2.45, 2.75) is 37.5 Å². The van der Waals surface area contributed by atoms with E-state index in [9.17, 15) is 13.2 Å². The lowest BCUT2D eigenvalue weighted by Gasteiger charge is -2.10. The van der Waals surface area contributed by atoms with Crippen LogP contribution in [0.2, 0.25) is 0 Å². The Morgan fingerprint density at radius 2 is 1.89 bits per heavy atom.